The Morgan fingerprint density at radius 1 is 1.45 bits per heavy atom. The SMILES string of the molecule is CC1CCC(C(=O)Nc2ccc(S(N)(=O)=O)cc2Br)O1. The number of benzene rings is 1. The van der Waals surface area contributed by atoms with Crippen LogP contribution in [-0.2, 0) is 19.6 Å². The number of rotatable bonds is 3. The van der Waals surface area contributed by atoms with Crippen LogP contribution in [0.2, 0.25) is 0 Å². The monoisotopic (exact) mass is 362 g/mol. The van der Waals surface area contributed by atoms with Gasteiger partial charge in [-0.3, -0.25) is 4.79 Å². The van der Waals surface area contributed by atoms with E-state index in [0.717, 1.165) is 6.42 Å². The molecular weight excluding hydrogens is 348 g/mol. The highest BCUT2D eigenvalue weighted by Gasteiger charge is 2.28. The fourth-order valence-corrected chi connectivity index (χ4v) is 3.15. The molecule has 3 N–H and O–H groups in total. The lowest BCUT2D eigenvalue weighted by atomic mass is 10.2. The lowest BCUT2D eigenvalue weighted by molar-refractivity contribution is -0.126. The molecule has 1 heterocycles. The molecule has 1 saturated heterocycles. The quantitative estimate of drug-likeness (QED) is 0.852. The minimum Gasteiger partial charge on any atom is -0.365 e. The second-order valence-electron chi connectivity index (χ2n) is 4.69. The number of amides is 1. The van der Waals surface area contributed by atoms with E-state index in [0.29, 0.717) is 16.6 Å². The molecule has 6 nitrogen and oxygen atoms in total. The van der Waals surface area contributed by atoms with Gasteiger partial charge >= 0.3 is 0 Å². The number of ether oxygens (including phenoxy) is 1. The summed E-state index contributed by atoms with van der Waals surface area (Å²) in [4.78, 5) is 12.0. The van der Waals surface area contributed by atoms with E-state index in [4.69, 9.17) is 9.88 Å². The van der Waals surface area contributed by atoms with Crippen LogP contribution in [-0.4, -0.2) is 26.5 Å². The zero-order valence-electron chi connectivity index (χ0n) is 10.8. The van der Waals surface area contributed by atoms with Crippen LogP contribution in [0, 0.1) is 0 Å². The highest BCUT2D eigenvalue weighted by atomic mass is 79.9. The van der Waals surface area contributed by atoms with E-state index in [2.05, 4.69) is 21.2 Å². The summed E-state index contributed by atoms with van der Waals surface area (Å²) in [6.07, 6.45) is 1.15. The third-order valence-corrected chi connectivity index (χ3v) is 4.62. The minimum absolute atomic E-state index is 0.0203. The first-order valence-electron chi connectivity index (χ1n) is 6.06. The van der Waals surface area contributed by atoms with E-state index in [1.807, 2.05) is 6.92 Å². The highest BCUT2D eigenvalue weighted by Crippen LogP contribution is 2.27. The number of hydrogen-bond donors (Lipinski definition) is 2. The Hall–Kier alpha value is -0.960. The van der Waals surface area contributed by atoms with Crippen LogP contribution in [0.1, 0.15) is 19.8 Å². The molecular formula is C12H15BrN2O4S. The van der Waals surface area contributed by atoms with Crippen LogP contribution < -0.4 is 10.5 Å². The van der Waals surface area contributed by atoms with Crippen molar-refractivity contribution in [2.75, 3.05) is 5.32 Å². The Morgan fingerprint density at radius 2 is 2.15 bits per heavy atom. The van der Waals surface area contributed by atoms with Crippen molar-refractivity contribution < 1.29 is 17.9 Å². The van der Waals surface area contributed by atoms with Gasteiger partial charge in [0.15, 0.2) is 0 Å². The Balaban J connectivity index is 2.12. The molecule has 2 rings (SSSR count). The van der Waals surface area contributed by atoms with Gasteiger partial charge in [0.25, 0.3) is 5.91 Å². The molecule has 1 fully saturated rings. The maximum absolute atomic E-state index is 12.0. The van der Waals surface area contributed by atoms with Crippen molar-refractivity contribution in [1.82, 2.24) is 0 Å². The molecule has 110 valence electrons. The molecule has 0 aromatic heterocycles. The molecule has 0 spiro atoms. The summed E-state index contributed by atoms with van der Waals surface area (Å²) in [6, 6.07) is 4.18. The van der Waals surface area contributed by atoms with Crippen LogP contribution >= 0.6 is 15.9 Å². The van der Waals surface area contributed by atoms with Crippen LogP contribution in [0.15, 0.2) is 27.6 Å². The summed E-state index contributed by atoms with van der Waals surface area (Å²) in [7, 11) is -3.76. The number of nitrogens with one attached hydrogen (secondary N) is 1. The standard InChI is InChI=1S/C12H15BrN2O4S/c1-7-2-5-11(19-7)12(16)15-10-4-3-8(6-9(10)13)20(14,17)18/h3-4,6-7,11H,2,5H2,1H3,(H,15,16)(H2,14,17,18). The number of sulfonamides is 1. The van der Waals surface area contributed by atoms with Crippen molar-refractivity contribution >= 4 is 37.5 Å². The zero-order chi connectivity index (χ0) is 14.9. The van der Waals surface area contributed by atoms with Gasteiger partial charge in [-0.15, -0.1) is 0 Å². The molecule has 0 saturated carbocycles. The molecule has 20 heavy (non-hydrogen) atoms. The molecule has 0 bridgehead atoms. The summed E-state index contributed by atoms with van der Waals surface area (Å²) < 4.78 is 28.3. The summed E-state index contributed by atoms with van der Waals surface area (Å²) in [6.45, 7) is 1.92. The molecule has 2 atom stereocenters. The van der Waals surface area contributed by atoms with Gasteiger partial charge in [-0.25, -0.2) is 13.6 Å². The number of carbonyl (C=O) groups is 1. The number of primary sulfonamides is 1. The Kier molecular flexibility index (Phi) is 4.48. The van der Waals surface area contributed by atoms with E-state index in [1.54, 1.807) is 0 Å². The van der Waals surface area contributed by atoms with E-state index < -0.39 is 16.1 Å². The van der Waals surface area contributed by atoms with Crippen molar-refractivity contribution in [3.8, 4) is 0 Å². The fraction of sp³-hybridized carbons (Fsp3) is 0.417. The second-order valence-corrected chi connectivity index (χ2v) is 7.10. The maximum atomic E-state index is 12.0. The summed E-state index contributed by atoms with van der Waals surface area (Å²) in [5.74, 6) is -0.238. The number of carbonyl (C=O) groups excluding carboxylic acids is 1. The Morgan fingerprint density at radius 3 is 2.65 bits per heavy atom. The average Bonchev–Trinajstić information content (AvgIpc) is 2.77. The fourth-order valence-electron chi connectivity index (χ4n) is 1.98. The van der Waals surface area contributed by atoms with Crippen molar-refractivity contribution in [3.63, 3.8) is 0 Å². The van der Waals surface area contributed by atoms with Gasteiger partial charge in [-0.1, -0.05) is 0 Å². The average molecular weight is 363 g/mol. The lowest BCUT2D eigenvalue weighted by Crippen LogP contribution is -2.27. The van der Waals surface area contributed by atoms with Crippen LogP contribution in [0.25, 0.3) is 0 Å². The van der Waals surface area contributed by atoms with E-state index in [-0.39, 0.29) is 16.9 Å². The topological polar surface area (TPSA) is 98.5 Å². The predicted octanol–water partition coefficient (Wildman–Crippen LogP) is 1.60. The first kappa shape index (κ1) is 15.4. The number of anilines is 1. The van der Waals surface area contributed by atoms with Gasteiger partial charge in [0.1, 0.15) is 6.10 Å². The van der Waals surface area contributed by atoms with Gasteiger partial charge in [-0.05, 0) is 53.9 Å². The van der Waals surface area contributed by atoms with Gasteiger partial charge in [0.05, 0.1) is 16.7 Å². The minimum atomic E-state index is -3.76. The zero-order valence-corrected chi connectivity index (χ0v) is 13.2. The van der Waals surface area contributed by atoms with Crippen molar-refractivity contribution in [3.05, 3.63) is 22.7 Å². The Labute approximate surface area is 125 Å². The van der Waals surface area contributed by atoms with E-state index >= 15 is 0 Å². The van der Waals surface area contributed by atoms with E-state index in [1.165, 1.54) is 18.2 Å². The highest BCUT2D eigenvalue weighted by molar-refractivity contribution is 9.10. The number of nitrogens with two attached hydrogens (primary N) is 1. The van der Waals surface area contributed by atoms with Gasteiger partial charge in [-0.2, -0.15) is 0 Å². The van der Waals surface area contributed by atoms with Crippen molar-refractivity contribution in [1.29, 1.82) is 0 Å². The molecule has 1 aliphatic heterocycles. The maximum Gasteiger partial charge on any atom is 0.253 e. The normalized spacial score (nSPS) is 22.8. The smallest absolute Gasteiger partial charge is 0.253 e. The summed E-state index contributed by atoms with van der Waals surface area (Å²) in [5.41, 5.74) is 0.477. The summed E-state index contributed by atoms with van der Waals surface area (Å²) >= 11 is 3.21. The van der Waals surface area contributed by atoms with Crippen LogP contribution in [0.3, 0.4) is 0 Å². The number of hydrogen-bond acceptors (Lipinski definition) is 4. The molecule has 2 unspecified atom stereocenters. The predicted molar refractivity (Wildman–Crippen MR) is 77.7 cm³/mol. The van der Waals surface area contributed by atoms with Gasteiger partial charge in [0, 0.05) is 4.47 Å². The van der Waals surface area contributed by atoms with Gasteiger partial charge in [0.2, 0.25) is 10.0 Å². The third-order valence-electron chi connectivity index (χ3n) is 3.05. The largest absolute Gasteiger partial charge is 0.365 e. The lowest BCUT2D eigenvalue weighted by Gasteiger charge is -2.13. The first-order chi connectivity index (χ1) is 9.27. The van der Waals surface area contributed by atoms with E-state index in [9.17, 15) is 13.2 Å². The molecule has 0 radical (unpaired) electrons. The molecule has 1 aliphatic rings. The molecule has 1 amide bonds. The van der Waals surface area contributed by atoms with Crippen LogP contribution in [0.5, 0.6) is 0 Å². The van der Waals surface area contributed by atoms with Crippen LogP contribution in [0.4, 0.5) is 5.69 Å². The molecule has 1 aromatic carbocycles. The van der Waals surface area contributed by atoms with Crippen molar-refractivity contribution in [2.24, 2.45) is 5.14 Å². The third kappa shape index (κ3) is 3.57. The first-order valence-corrected chi connectivity index (χ1v) is 8.40. The summed E-state index contributed by atoms with van der Waals surface area (Å²) in [5, 5.41) is 7.74. The molecule has 8 heteroatoms. The number of halogens is 1. The van der Waals surface area contributed by atoms with Crippen molar-refractivity contribution in [2.45, 2.75) is 36.9 Å². The second kappa shape index (κ2) is 5.80. The molecule has 1 aromatic rings. The van der Waals surface area contributed by atoms with Gasteiger partial charge < -0.3 is 10.1 Å². The molecule has 0 aliphatic carbocycles. The Bertz CT molecular complexity index is 632.